The number of phenols is 1. The normalized spacial score (nSPS) is 17.5. The zero-order valence-corrected chi connectivity index (χ0v) is 19.1. The molecule has 0 bridgehead atoms. The fourth-order valence-electron chi connectivity index (χ4n) is 4.78. The van der Waals surface area contributed by atoms with Crippen molar-refractivity contribution in [1.29, 1.82) is 10.5 Å². The molecule has 1 aliphatic rings. The number of piperidine rings is 1. The highest BCUT2D eigenvalue weighted by atomic mass is 19.1. The number of aromatic nitrogens is 1. The summed E-state index contributed by atoms with van der Waals surface area (Å²) in [7, 11) is 0. The van der Waals surface area contributed by atoms with Gasteiger partial charge in [0.15, 0.2) is 0 Å². The van der Waals surface area contributed by atoms with Crippen LogP contribution < -0.4 is 10.6 Å². The van der Waals surface area contributed by atoms with Crippen molar-refractivity contribution in [3.8, 4) is 40.1 Å². The summed E-state index contributed by atoms with van der Waals surface area (Å²) in [6.45, 7) is 0.892. The highest BCUT2D eigenvalue weighted by Gasteiger charge is 2.29. The number of nitriles is 2. The molecule has 0 aliphatic carbocycles. The molecular weight excluding hydrogens is 460 g/mol. The van der Waals surface area contributed by atoms with E-state index in [0.717, 1.165) is 6.07 Å². The number of benzene rings is 3. The van der Waals surface area contributed by atoms with E-state index in [0.29, 0.717) is 58.4 Å². The Kier molecular flexibility index (Phi) is 5.97. The molecule has 1 saturated heterocycles. The van der Waals surface area contributed by atoms with Crippen molar-refractivity contribution in [1.82, 2.24) is 4.98 Å². The van der Waals surface area contributed by atoms with Crippen molar-refractivity contribution in [2.24, 2.45) is 11.7 Å². The summed E-state index contributed by atoms with van der Waals surface area (Å²) >= 11 is 0. The van der Waals surface area contributed by atoms with Crippen molar-refractivity contribution >= 4 is 16.6 Å². The standard InChI is InChI=1S/C28H21F2N5O/c29-20-8-18(9-21(30)11-20)24-14-34-26-5-4-16(22-3-1-2-17(12-31)28(22)36)10-23(26)27(24)35-7-6-25(33)19(13-32)15-35/h1-5,8-11,14,19,25,36H,6-7,15,33H2/t19-,25-/m1/s1. The minimum atomic E-state index is -0.710. The number of nitrogens with two attached hydrogens (primary N) is 1. The molecule has 0 amide bonds. The van der Waals surface area contributed by atoms with Crippen LogP contribution in [-0.4, -0.2) is 29.2 Å². The second kappa shape index (κ2) is 9.26. The number of anilines is 1. The molecule has 8 heteroatoms. The third-order valence-electron chi connectivity index (χ3n) is 6.63. The second-order valence-electron chi connectivity index (χ2n) is 8.86. The van der Waals surface area contributed by atoms with Gasteiger partial charge in [-0.15, -0.1) is 0 Å². The maximum atomic E-state index is 14.2. The van der Waals surface area contributed by atoms with Crippen LogP contribution in [-0.2, 0) is 0 Å². The van der Waals surface area contributed by atoms with Gasteiger partial charge in [0, 0.05) is 47.9 Å². The lowest BCUT2D eigenvalue weighted by Gasteiger charge is -2.37. The predicted octanol–water partition coefficient (Wildman–Crippen LogP) is 5.10. The predicted molar refractivity (Wildman–Crippen MR) is 133 cm³/mol. The van der Waals surface area contributed by atoms with Crippen LogP contribution in [0.1, 0.15) is 12.0 Å². The van der Waals surface area contributed by atoms with Crippen LogP contribution in [0.25, 0.3) is 33.2 Å². The Bertz CT molecular complexity index is 1550. The number of fused-ring (bicyclic) bond motifs is 1. The van der Waals surface area contributed by atoms with Crippen LogP contribution in [0.4, 0.5) is 14.5 Å². The van der Waals surface area contributed by atoms with Crippen LogP contribution in [0.5, 0.6) is 5.75 Å². The molecule has 3 aromatic carbocycles. The third kappa shape index (κ3) is 4.08. The monoisotopic (exact) mass is 481 g/mol. The van der Waals surface area contributed by atoms with Gasteiger partial charge in [-0.1, -0.05) is 18.2 Å². The Labute approximate surface area is 206 Å². The molecular formula is C28H21F2N5O. The molecule has 6 nitrogen and oxygen atoms in total. The third-order valence-corrected chi connectivity index (χ3v) is 6.63. The van der Waals surface area contributed by atoms with Crippen molar-refractivity contribution in [3.05, 3.63) is 78.0 Å². The van der Waals surface area contributed by atoms with Crippen molar-refractivity contribution in [2.45, 2.75) is 12.5 Å². The fourth-order valence-corrected chi connectivity index (χ4v) is 4.78. The summed E-state index contributed by atoms with van der Waals surface area (Å²) < 4.78 is 28.4. The molecule has 178 valence electrons. The number of hydrogen-bond acceptors (Lipinski definition) is 6. The SMILES string of the molecule is N#Cc1cccc(-c2ccc3ncc(-c4cc(F)cc(F)c4)c(N4CC[C@@H](N)[C@H](C#N)C4)c3c2)c1O. The van der Waals surface area contributed by atoms with E-state index in [4.69, 9.17) is 5.73 Å². The largest absolute Gasteiger partial charge is 0.506 e. The Hall–Kier alpha value is -4.53. The first-order valence-electron chi connectivity index (χ1n) is 11.4. The molecule has 5 rings (SSSR count). The maximum Gasteiger partial charge on any atom is 0.141 e. The zero-order chi connectivity index (χ0) is 25.4. The minimum absolute atomic E-state index is 0.134. The Balaban J connectivity index is 1.77. The topological polar surface area (TPSA) is 110 Å². The lowest BCUT2D eigenvalue weighted by molar-refractivity contribution is 0.425. The van der Waals surface area contributed by atoms with Gasteiger partial charge in [0.05, 0.1) is 28.8 Å². The van der Waals surface area contributed by atoms with Gasteiger partial charge in [-0.3, -0.25) is 4.98 Å². The fraction of sp³-hybridized carbons (Fsp3) is 0.179. The van der Waals surface area contributed by atoms with E-state index in [-0.39, 0.29) is 17.4 Å². The molecule has 1 aromatic heterocycles. The van der Waals surface area contributed by atoms with Crippen molar-refractivity contribution < 1.29 is 13.9 Å². The van der Waals surface area contributed by atoms with Gasteiger partial charge in [0.2, 0.25) is 0 Å². The quantitative estimate of drug-likeness (QED) is 0.421. The van der Waals surface area contributed by atoms with E-state index in [1.165, 1.54) is 18.2 Å². The van der Waals surface area contributed by atoms with Crippen LogP contribution >= 0.6 is 0 Å². The Morgan fingerprint density at radius 2 is 1.78 bits per heavy atom. The van der Waals surface area contributed by atoms with Gasteiger partial charge in [0.25, 0.3) is 0 Å². The lowest BCUT2D eigenvalue weighted by Crippen LogP contribution is -2.46. The molecule has 3 N–H and O–H groups in total. The van der Waals surface area contributed by atoms with E-state index in [1.54, 1.807) is 30.5 Å². The van der Waals surface area contributed by atoms with Crippen molar-refractivity contribution in [2.75, 3.05) is 18.0 Å². The number of para-hydroxylation sites is 1. The average Bonchev–Trinajstić information content (AvgIpc) is 2.87. The number of pyridine rings is 1. The molecule has 2 atom stereocenters. The first-order valence-corrected chi connectivity index (χ1v) is 11.4. The van der Waals surface area contributed by atoms with E-state index < -0.39 is 17.6 Å². The van der Waals surface area contributed by atoms with Crippen LogP contribution in [0.3, 0.4) is 0 Å². The van der Waals surface area contributed by atoms with Crippen LogP contribution in [0, 0.1) is 40.2 Å². The molecule has 0 spiro atoms. The highest BCUT2D eigenvalue weighted by molar-refractivity contribution is 6.02. The van der Waals surface area contributed by atoms with Gasteiger partial charge in [0.1, 0.15) is 23.5 Å². The number of rotatable bonds is 3. The van der Waals surface area contributed by atoms with E-state index in [1.807, 2.05) is 17.0 Å². The summed E-state index contributed by atoms with van der Waals surface area (Å²) in [6.07, 6.45) is 2.15. The lowest BCUT2D eigenvalue weighted by atomic mass is 9.91. The average molecular weight is 482 g/mol. The van der Waals surface area contributed by atoms with Gasteiger partial charge < -0.3 is 15.7 Å². The molecule has 0 saturated carbocycles. The maximum absolute atomic E-state index is 14.2. The van der Waals surface area contributed by atoms with E-state index in [9.17, 15) is 24.4 Å². The van der Waals surface area contributed by atoms with Crippen LogP contribution in [0.15, 0.2) is 60.8 Å². The summed E-state index contributed by atoms with van der Waals surface area (Å²) in [5, 5.41) is 30.3. The molecule has 1 aliphatic heterocycles. The minimum Gasteiger partial charge on any atom is -0.506 e. The molecule has 1 fully saturated rings. The molecule has 36 heavy (non-hydrogen) atoms. The van der Waals surface area contributed by atoms with Crippen molar-refractivity contribution in [3.63, 3.8) is 0 Å². The van der Waals surface area contributed by atoms with Gasteiger partial charge in [-0.05, 0) is 47.9 Å². The number of phenolic OH excluding ortho intramolecular Hbond substituents is 1. The van der Waals surface area contributed by atoms with E-state index >= 15 is 0 Å². The first kappa shape index (κ1) is 23.2. The smallest absolute Gasteiger partial charge is 0.141 e. The van der Waals surface area contributed by atoms with Gasteiger partial charge >= 0.3 is 0 Å². The molecule has 4 aromatic rings. The Morgan fingerprint density at radius 3 is 2.50 bits per heavy atom. The molecule has 2 heterocycles. The summed E-state index contributed by atoms with van der Waals surface area (Å²) in [6, 6.07) is 17.6. The molecule has 0 radical (unpaired) electrons. The van der Waals surface area contributed by atoms with Gasteiger partial charge in [-0.2, -0.15) is 10.5 Å². The van der Waals surface area contributed by atoms with Crippen LogP contribution in [0.2, 0.25) is 0 Å². The van der Waals surface area contributed by atoms with Gasteiger partial charge in [-0.25, -0.2) is 8.78 Å². The first-order chi connectivity index (χ1) is 17.4. The summed E-state index contributed by atoms with van der Waals surface area (Å²) in [4.78, 5) is 6.55. The number of aromatic hydroxyl groups is 1. The summed E-state index contributed by atoms with van der Waals surface area (Å²) in [5.74, 6) is -1.97. The zero-order valence-electron chi connectivity index (χ0n) is 19.1. The number of nitrogens with zero attached hydrogens (tertiary/aromatic N) is 4. The number of halogens is 2. The second-order valence-corrected chi connectivity index (χ2v) is 8.86. The highest BCUT2D eigenvalue weighted by Crippen LogP contribution is 2.41. The summed E-state index contributed by atoms with van der Waals surface area (Å²) in [5.41, 5.74) is 9.57. The Morgan fingerprint density at radius 1 is 1.00 bits per heavy atom. The molecule has 0 unspecified atom stereocenters. The number of hydrogen-bond donors (Lipinski definition) is 2. The van der Waals surface area contributed by atoms with E-state index in [2.05, 4.69) is 11.1 Å².